The van der Waals surface area contributed by atoms with Crippen molar-refractivity contribution in [2.24, 2.45) is 5.92 Å². The fourth-order valence-electron chi connectivity index (χ4n) is 6.43. The van der Waals surface area contributed by atoms with E-state index in [1.807, 2.05) is 0 Å². The van der Waals surface area contributed by atoms with E-state index in [1.54, 1.807) is 0 Å². The van der Waals surface area contributed by atoms with Crippen LogP contribution in [-0.4, -0.2) is 72.7 Å². The lowest BCUT2D eigenvalue weighted by molar-refractivity contribution is -0.122. The summed E-state index contributed by atoms with van der Waals surface area (Å²) in [5.74, 6) is 0.751. The summed E-state index contributed by atoms with van der Waals surface area (Å²) < 4.78 is 5.97. The SMILES string of the molecule is CCCOC1CCC(N2CCC(N3C(C=O)NCC4CCCCC43)CC2)CC1. The van der Waals surface area contributed by atoms with Gasteiger partial charge in [0, 0.05) is 31.3 Å². The molecular weight excluding hydrogens is 350 g/mol. The molecule has 3 atom stereocenters. The summed E-state index contributed by atoms with van der Waals surface area (Å²) in [4.78, 5) is 17.1. The fourth-order valence-corrected chi connectivity index (χ4v) is 6.43. The lowest BCUT2D eigenvalue weighted by Gasteiger charge is -2.53. The highest BCUT2D eigenvalue weighted by Gasteiger charge is 2.42. The van der Waals surface area contributed by atoms with Gasteiger partial charge < -0.3 is 14.4 Å². The first-order valence-corrected chi connectivity index (χ1v) is 12.1. The zero-order chi connectivity index (χ0) is 19.3. The van der Waals surface area contributed by atoms with Crippen LogP contribution in [0.4, 0.5) is 0 Å². The highest BCUT2D eigenvalue weighted by atomic mass is 16.5. The van der Waals surface area contributed by atoms with Gasteiger partial charge >= 0.3 is 0 Å². The topological polar surface area (TPSA) is 44.8 Å². The molecule has 0 spiro atoms. The van der Waals surface area contributed by atoms with Crippen LogP contribution in [0.25, 0.3) is 0 Å². The van der Waals surface area contributed by atoms with Gasteiger partial charge in [-0.1, -0.05) is 19.8 Å². The molecule has 5 nitrogen and oxygen atoms in total. The van der Waals surface area contributed by atoms with E-state index in [9.17, 15) is 4.79 Å². The summed E-state index contributed by atoms with van der Waals surface area (Å²) in [7, 11) is 0. The van der Waals surface area contributed by atoms with Gasteiger partial charge in [-0.25, -0.2) is 0 Å². The molecule has 0 amide bonds. The van der Waals surface area contributed by atoms with Crippen molar-refractivity contribution in [1.82, 2.24) is 15.1 Å². The molecule has 160 valence electrons. The third-order valence-electron chi connectivity index (χ3n) is 7.93. The van der Waals surface area contributed by atoms with E-state index in [1.165, 1.54) is 77.3 Å². The minimum absolute atomic E-state index is 0.0537. The normalized spacial score (nSPS) is 38.8. The number of piperidine rings is 1. The van der Waals surface area contributed by atoms with Crippen molar-refractivity contribution in [3.8, 4) is 0 Å². The number of nitrogens with one attached hydrogen (secondary N) is 1. The monoisotopic (exact) mass is 391 g/mol. The highest BCUT2D eigenvalue weighted by Crippen LogP contribution is 2.36. The standard InChI is InChI=1S/C23H41N3O2/c1-2-15-28-21-9-7-19(8-10-21)25-13-11-20(12-14-25)26-22-6-4-3-5-18(22)16-24-23(26)17-27/h17-24H,2-16H2,1H3. The molecule has 2 saturated heterocycles. The predicted octanol–water partition coefficient (Wildman–Crippen LogP) is 3.18. The summed E-state index contributed by atoms with van der Waals surface area (Å²) in [5, 5.41) is 3.54. The van der Waals surface area contributed by atoms with Crippen molar-refractivity contribution >= 4 is 6.29 Å². The smallest absolute Gasteiger partial charge is 0.151 e. The molecule has 2 aliphatic heterocycles. The van der Waals surface area contributed by atoms with Gasteiger partial charge in [-0.05, 0) is 76.8 Å². The minimum Gasteiger partial charge on any atom is -0.378 e. The van der Waals surface area contributed by atoms with E-state index < -0.39 is 0 Å². The van der Waals surface area contributed by atoms with E-state index >= 15 is 0 Å². The van der Waals surface area contributed by atoms with Crippen molar-refractivity contribution < 1.29 is 9.53 Å². The van der Waals surface area contributed by atoms with Crippen LogP contribution in [0.5, 0.6) is 0 Å². The molecule has 4 aliphatic rings. The number of fused-ring (bicyclic) bond motifs is 1. The summed E-state index contributed by atoms with van der Waals surface area (Å²) >= 11 is 0. The van der Waals surface area contributed by atoms with Crippen molar-refractivity contribution in [1.29, 1.82) is 0 Å². The van der Waals surface area contributed by atoms with Gasteiger partial charge in [0.25, 0.3) is 0 Å². The molecule has 5 heteroatoms. The number of likely N-dealkylation sites (tertiary alicyclic amines) is 1. The summed E-state index contributed by atoms with van der Waals surface area (Å²) in [6.07, 6.45) is 15.6. The quantitative estimate of drug-likeness (QED) is 0.705. The molecule has 2 aliphatic carbocycles. The number of carbonyl (C=O) groups is 1. The van der Waals surface area contributed by atoms with Gasteiger partial charge in [-0.2, -0.15) is 0 Å². The van der Waals surface area contributed by atoms with Crippen LogP contribution in [0.3, 0.4) is 0 Å². The number of nitrogens with zero attached hydrogens (tertiary/aromatic N) is 2. The van der Waals surface area contributed by atoms with Crippen LogP contribution in [0.1, 0.15) is 77.6 Å². The Bertz CT molecular complexity index is 486. The Morgan fingerprint density at radius 3 is 2.43 bits per heavy atom. The minimum atomic E-state index is -0.0537. The molecule has 0 bridgehead atoms. The Kier molecular flexibility index (Phi) is 7.43. The molecule has 0 radical (unpaired) electrons. The Morgan fingerprint density at radius 1 is 0.964 bits per heavy atom. The lowest BCUT2D eigenvalue weighted by Crippen LogP contribution is -2.66. The average molecular weight is 392 g/mol. The van der Waals surface area contributed by atoms with Gasteiger partial charge in [-0.15, -0.1) is 0 Å². The van der Waals surface area contributed by atoms with Crippen LogP contribution >= 0.6 is 0 Å². The Labute approximate surface area is 171 Å². The number of rotatable bonds is 6. The summed E-state index contributed by atoms with van der Waals surface area (Å²) in [5.41, 5.74) is 0. The van der Waals surface area contributed by atoms with E-state index in [4.69, 9.17) is 4.74 Å². The maximum absolute atomic E-state index is 11.8. The fraction of sp³-hybridized carbons (Fsp3) is 0.957. The van der Waals surface area contributed by atoms with E-state index in [0.717, 1.165) is 37.8 Å². The number of aldehydes is 1. The van der Waals surface area contributed by atoms with Crippen molar-refractivity contribution in [3.63, 3.8) is 0 Å². The van der Waals surface area contributed by atoms with E-state index in [0.29, 0.717) is 18.2 Å². The van der Waals surface area contributed by atoms with Gasteiger partial charge in [0.1, 0.15) is 6.17 Å². The Hall–Kier alpha value is -0.490. The molecule has 1 N–H and O–H groups in total. The second-order valence-corrected chi connectivity index (χ2v) is 9.62. The molecular formula is C23H41N3O2. The highest BCUT2D eigenvalue weighted by molar-refractivity contribution is 5.57. The Balaban J connectivity index is 1.29. The number of carbonyl (C=O) groups excluding carboxylic acids is 1. The third kappa shape index (κ3) is 4.63. The first kappa shape index (κ1) is 20.8. The maximum atomic E-state index is 11.8. The predicted molar refractivity (Wildman–Crippen MR) is 112 cm³/mol. The molecule has 0 aromatic rings. The largest absolute Gasteiger partial charge is 0.378 e. The van der Waals surface area contributed by atoms with Crippen LogP contribution in [0, 0.1) is 5.92 Å². The maximum Gasteiger partial charge on any atom is 0.151 e. The second-order valence-electron chi connectivity index (χ2n) is 9.62. The van der Waals surface area contributed by atoms with Crippen LogP contribution in [0.15, 0.2) is 0 Å². The van der Waals surface area contributed by atoms with Crippen LogP contribution in [0.2, 0.25) is 0 Å². The van der Waals surface area contributed by atoms with Crippen molar-refractivity contribution in [2.45, 2.75) is 108 Å². The number of hydrogen-bond acceptors (Lipinski definition) is 5. The zero-order valence-corrected chi connectivity index (χ0v) is 17.9. The molecule has 0 aromatic carbocycles. The van der Waals surface area contributed by atoms with E-state index in [2.05, 4.69) is 22.0 Å². The molecule has 4 fully saturated rings. The molecule has 2 saturated carbocycles. The van der Waals surface area contributed by atoms with Crippen LogP contribution in [-0.2, 0) is 9.53 Å². The van der Waals surface area contributed by atoms with Gasteiger partial charge in [0.2, 0.25) is 0 Å². The lowest BCUT2D eigenvalue weighted by atomic mass is 9.80. The molecule has 4 rings (SSSR count). The van der Waals surface area contributed by atoms with Crippen LogP contribution < -0.4 is 5.32 Å². The molecule has 28 heavy (non-hydrogen) atoms. The zero-order valence-electron chi connectivity index (χ0n) is 17.9. The Morgan fingerprint density at radius 2 is 1.71 bits per heavy atom. The first-order valence-electron chi connectivity index (χ1n) is 12.1. The van der Waals surface area contributed by atoms with Gasteiger partial charge in [0.15, 0.2) is 6.29 Å². The van der Waals surface area contributed by atoms with Gasteiger partial charge in [-0.3, -0.25) is 10.2 Å². The molecule has 3 unspecified atom stereocenters. The second kappa shape index (κ2) is 10.0. The third-order valence-corrected chi connectivity index (χ3v) is 7.93. The van der Waals surface area contributed by atoms with E-state index in [-0.39, 0.29) is 6.17 Å². The summed E-state index contributed by atoms with van der Waals surface area (Å²) in [6.45, 7) is 6.56. The number of ether oxygens (including phenoxy) is 1. The van der Waals surface area contributed by atoms with Gasteiger partial charge in [0.05, 0.1) is 6.10 Å². The molecule has 2 heterocycles. The van der Waals surface area contributed by atoms with Crippen molar-refractivity contribution in [2.75, 3.05) is 26.2 Å². The summed E-state index contributed by atoms with van der Waals surface area (Å²) in [6, 6.07) is 1.97. The number of hydrogen-bond donors (Lipinski definition) is 1. The average Bonchev–Trinajstić information content (AvgIpc) is 2.77. The molecule has 0 aromatic heterocycles. The first-order chi connectivity index (χ1) is 13.8. The van der Waals surface area contributed by atoms with Crippen molar-refractivity contribution in [3.05, 3.63) is 0 Å².